The van der Waals surface area contributed by atoms with Gasteiger partial charge in [0.2, 0.25) is 0 Å². The van der Waals surface area contributed by atoms with Gasteiger partial charge in [0, 0.05) is 0 Å². The zero-order valence-corrected chi connectivity index (χ0v) is 14.2. The highest BCUT2D eigenvalue weighted by molar-refractivity contribution is 5.87. The van der Waals surface area contributed by atoms with Gasteiger partial charge in [0.15, 0.2) is 11.6 Å². The lowest BCUT2D eigenvalue weighted by atomic mass is 10.1. The molecular formula is C16H19N5O5. The first-order valence-corrected chi connectivity index (χ1v) is 7.96. The molecule has 138 valence electrons. The van der Waals surface area contributed by atoms with Crippen molar-refractivity contribution in [3.8, 4) is 0 Å². The summed E-state index contributed by atoms with van der Waals surface area (Å²) in [5, 5.41) is 21.9. The van der Waals surface area contributed by atoms with Gasteiger partial charge in [-0.05, 0) is 22.4 Å². The summed E-state index contributed by atoms with van der Waals surface area (Å²) in [7, 11) is 0. The Hall–Kier alpha value is -3.30. The normalized spacial score (nSPS) is 11.6. The highest BCUT2D eigenvalue weighted by Gasteiger charge is 2.22. The van der Waals surface area contributed by atoms with Gasteiger partial charge >= 0.3 is 12.1 Å². The van der Waals surface area contributed by atoms with E-state index < -0.39 is 24.5 Å². The number of carboxylic acid groups (broad SMARTS) is 1. The van der Waals surface area contributed by atoms with Crippen molar-refractivity contribution in [1.29, 1.82) is 0 Å². The van der Waals surface area contributed by atoms with Crippen molar-refractivity contribution < 1.29 is 24.2 Å². The lowest BCUT2D eigenvalue weighted by Crippen LogP contribution is -2.42. The van der Waals surface area contributed by atoms with E-state index in [2.05, 4.69) is 20.8 Å². The molecule has 26 heavy (non-hydrogen) atoms. The van der Waals surface area contributed by atoms with Crippen molar-refractivity contribution in [3.05, 3.63) is 41.7 Å². The van der Waals surface area contributed by atoms with Crippen LogP contribution in [0.4, 0.5) is 4.79 Å². The maximum absolute atomic E-state index is 12.4. The van der Waals surface area contributed by atoms with Crippen LogP contribution in [0.25, 0.3) is 0 Å². The number of rotatable bonds is 9. The number of benzene rings is 1. The Bertz CT molecular complexity index is 761. The highest BCUT2D eigenvalue weighted by atomic mass is 16.5. The van der Waals surface area contributed by atoms with Crippen LogP contribution >= 0.6 is 0 Å². The third kappa shape index (κ3) is 5.65. The Morgan fingerprint density at radius 3 is 2.65 bits per heavy atom. The number of nitrogens with zero attached hydrogens (tertiary/aromatic N) is 4. The molecule has 0 fully saturated rings. The van der Waals surface area contributed by atoms with Gasteiger partial charge in [-0.1, -0.05) is 37.3 Å². The van der Waals surface area contributed by atoms with E-state index in [1.165, 1.54) is 0 Å². The molecule has 1 aromatic carbocycles. The number of amides is 1. The van der Waals surface area contributed by atoms with Crippen LogP contribution in [0.15, 0.2) is 30.3 Å². The predicted octanol–water partition coefficient (Wildman–Crippen LogP) is 0.574. The van der Waals surface area contributed by atoms with E-state index in [1.807, 2.05) is 30.3 Å². The van der Waals surface area contributed by atoms with Crippen molar-refractivity contribution in [2.24, 2.45) is 0 Å². The number of tetrazole rings is 1. The smallest absolute Gasteiger partial charge is 0.408 e. The number of aromatic nitrogens is 4. The lowest BCUT2D eigenvalue weighted by molar-refractivity contribution is -0.136. The van der Waals surface area contributed by atoms with Crippen LogP contribution in [0.1, 0.15) is 24.7 Å². The molecule has 1 unspecified atom stereocenters. The summed E-state index contributed by atoms with van der Waals surface area (Å²) in [5.41, 5.74) is 0.828. The number of aliphatic carboxylic acids is 1. The molecule has 0 aliphatic heterocycles. The molecule has 1 aromatic heterocycles. The monoisotopic (exact) mass is 361 g/mol. The minimum absolute atomic E-state index is 0.0624. The van der Waals surface area contributed by atoms with Crippen LogP contribution < -0.4 is 5.32 Å². The largest absolute Gasteiger partial charge is 0.481 e. The van der Waals surface area contributed by atoms with Gasteiger partial charge in [0.25, 0.3) is 0 Å². The summed E-state index contributed by atoms with van der Waals surface area (Å²) >= 11 is 0. The van der Waals surface area contributed by atoms with Gasteiger partial charge in [-0.2, -0.15) is 0 Å². The predicted molar refractivity (Wildman–Crippen MR) is 88.0 cm³/mol. The van der Waals surface area contributed by atoms with E-state index in [0.717, 1.165) is 10.2 Å². The summed E-state index contributed by atoms with van der Waals surface area (Å²) in [5.74, 6) is -1.40. The molecule has 0 saturated carbocycles. The third-order valence-electron chi connectivity index (χ3n) is 3.52. The van der Waals surface area contributed by atoms with E-state index in [0.29, 0.717) is 6.42 Å². The number of carbonyl (C=O) groups excluding carboxylic acids is 2. The molecule has 1 atom stereocenters. The zero-order chi connectivity index (χ0) is 18.9. The molecule has 10 nitrogen and oxygen atoms in total. The highest BCUT2D eigenvalue weighted by Crippen LogP contribution is 2.03. The molecular weight excluding hydrogens is 342 g/mol. The molecule has 1 amide bonds. The Morgan fingerprint density at radius 2 is 2.00 bits per heavy atom. The first-order chi connectivity index (χ1) is 12.5. The maximum atomic E-state index is 12.4. The number of ketones is 1. The molecule has 1 heterocycles. The first kappa shape index (κ1) is 19.0. The van der Waals surface area contributed by atoms with Crippen LogP contribution in [0.3, 0.4) is 0 Å². The van der Waals surface area contributed by atoms with Gasteiger partial charge in [-0.15, -0.1) is 5.10 Å². The average molecular weight is 361 g/mol. The fourth-order valence-electron chi connectivity index (χ4n) is 2.18. The second kappa shape index (κ2) is 9.25. The molecule has 2 N–H and O–H groups in total. The summed E-state index contributed by atoms with van der Waals surface area (Å²) in [6.45, 7) is 1.58. The van der Waals surface area contributed by atoms with E-state index in [1.54, 1.807) is 6.92 Å². The van der Waals surface area contributed by atoms with Crippen molar-refractivity contribution >= 4 is 17.8 Å². The zero-order valence-electron chi connectivity index (χ0n) is 14.2. The molecule has 0 aliphatic carbocycles. The van der Waals surface area contributed by atoms with Crippen LogP contribution in [-0.2, 0) is 33.9 Å². The number of ether oxygens (including phenoxy) is 1. The lowest BCUT2D eigenvalue weighted by Gasteiger charge is -2.16. The fraction of sp³-hybridized carbons (Fsp3) is 0.375. The maximum Gasteiger partial charge on any atom is 0.408 e. The Morgan fingerprint density at radius 1 is 1.27 bits per heavy atom. The van der Waals surface area contributed by atoms with Crippen LogP contribution in [-0.4, -0.2) is 49.2 Å². The molecule has 2 aromatic rings. The fourth-order valence-corrected chi connectivity index (χ4v) is 2.18. The summed E-state index contributed by atoms with van der Waals surface area (Å²) in [6.07, 6.45) is -0.768. The van der Waals surface area contributed by atoms with Crippen molar-refractivity contribution in [3.63, 3.8) is 0 Å². The van der Waals surface area contributed by atoms with E-state index >= 15 is 0 Å². The molecule has 10 heteroatoms. The quantitative estimate of drug-likeness (QED) is 0.661. The second-order valence-corrected chi connectivity index (χ2v) is 5.46. The number of hydrogen-bond donors (Lipinski definition) is 2. The van der Waals surface area contributed by atoms with E-state index in [4.69, 9.17) is 9.84 Å². The average Bonchev–Trinajstić information content (AvgIpc) is 3.04. The number of carbonyl (C=O) groups is 3. The Labute approximate surface area is 149 Å². The van der Waals surface area contributed by atoms with Crippen molar-refractivity contribution in [1.82, 2.24) is 25.5 Å². The minimum atomic E-state index is -1.11. The van der Waals surface area contributed by atoms with Crippen LogP contribution in [0.2, 0.25) is 0 Å². The Balaban J connectivity index is 1.89. The first-order valence-electron chi connectivity index (χ1n) is 7.96. The van der Waals surface area contributed by atoms with Gasteiger partial charge in [-0.25, -0.2) is 9.48 Å². The third-order valence-corrected chi connectivity index (χ3v) is 3.52. The van der Waals surface area contributed by atoms with E-state index in [9.17, 15) is 14.4 Å². The van der Waals surface area contributed by atoms with Crippen molar-refractivity contribution in [2.75, 3.05) is 0 Å². The van der Waals surface area contributed by atoms with Crippen LogP contribution in [0, 0.1) is 0 Å². The molecule has 0 radical (unpaired) electrons. The number of alkyl carbamates (subject to hydrolysis) is 1. The number of nitrogens with one attached hydrogen (secondary N) is 1. The molecule has 2 rings (SSSR count). The molecule has 0 aliphatic rings. The van der Waals surface area contributed by atoms with Gasteiger partial charge < -0.3 is 15.2 Å². The summed E-state index contributed by atoms with van der Waals surface area (Å²) < 4.78 is 6.20. The van der Waals surface area contributed by atoms with Crippen LogP contribution in [0.5, 0.6) is 0 Å². The standard InChI is InChI=1S/C16H19N5O5/c1-2-12(17-16(25)26-10-11-6-4-3-5-7-11)13(22)9-21-14(8-15(23)24)18-19-20-21/h3-7,12H,2,8-10H2,1H3,(H,17,25)(H,23,24). The molecule has 0 bridgehead atoms. The molecule has 0 spiro atoms. The van der Waals surface area contributed by atoms with E-state index in [-0.39, 0.29) is 24.8 Å². The number of Topliss-reactive ketones (excluding diaryl/α,β-unsaturated/α-hetero) is 1. The van der Waals surface area contributed by atoms with Crippen molar-refractivity contribution in [2.45, 2.75) is 39.0 Å². The second-order valence-electron chi connectivity index (χ2n) is 5.46. The summed E-state index contributed by atoms with van der Waals surface area (Å²) in [4.78, 5) is 35.0. The Kier molecular flexibility index (Phi) is 6.77. The topological polar surface area (TPSA) is 136 Å². The number of carboxylic acids is 1. The SMILES string of the molecule is CCC(NC(=O)OCc1ccccc1)C(=O)Cn1nnnc1CC(=O)O. The van der Waals surface area contributed by atoms with Gasteiger partial charge in [-0.3, -0.25) is 9.59 Å². The minimum Gasteiger partial charge on any atom is -0.481 e. The van der Waals surface area contributed by atoms with Gasteiger partial charge in [0.05, 0.1) is 6.04 Å². The number of hydrogen-bond acceptors (Lipinski definition) is 7. The summed E-state index contributed by atoms with van der Waals surface area (Å²) in [6, 6.07) is 8.35. The van der Waals surface area contributed by atoms with Gasteiger partial charge in [0.1, 0.15) is 19.6 Å². The molecule has 0 saturated heterocycles.